The topological polar surface area (TPSA) is 70.1 Å². The van der Waals surface area contributed by atoms with Crippen molar-refractivity contribution in [2.75, 3.05) is 30.3 Å². The van der Waals surface area contributed by atoms with Crippen LogP contribution in [-0.2, 0) is 0 Å². The molecule has 1 heterocycles. The molecule has 0 aliphatic heterocycles. The second-order valence-corrected chi connectivity index (χ2v) is 5.84. The van der Waals surface area contributed by atoms with E-state index in [0.29, 0.717) is 0 Å². The molecule has 0 amide bonds. The van der Waals surface area contributed by atoms with E-state index in [1.54, 1.807) is 6.33 Å². The van der Waals surface area contributed by atoms with Gasteiger partial charge >= 0.3 is 0 Å². The monoisotopic (exact) mass is 278 g/mol. The molecule has 0 aromatic carbocycles. The molecule has 0 radical (unpaired) electrons. The molecule has 1 aromatic heterocycles. The predicted octanol–water partition coefficient (Wildman–Crippen LogP) is 2.57. The van der Waals surface area contributed by atoms with Gasteiger partial charge in [-0.1, -0.05) is 19.8 Å². The second kappa shape index (κ2) is 6.88. The van der Waals surface area contributed by atoms with Gasteiger partial charge in [0.15, 0.2) is 0 Å². The van der Waals surface area contributed by atoms with Gasteiger partial charge in [0.2, 0.25) is 0 Å². The van der Waals surface area contributed by atoms with Gasteiger partial charge in [-0.05, 0) is 26.2 Å². The summed E-state index contributed by atoms with van der Waals surface area (Å²) < 4.78 is 0. The lowest BCUT2D eigenvalue weighted by molar-refractivity contribution is 0.142. The Kier molecular flexibility index (Phi) is 5.17. The van der Waals surface area contributed by atoms with E-state index < -0.39 is 0 Å². The van der Waals surface area contributed by atoms with Gasteiger partial charge in [-0.2, -0.15) is 0 Å². The van der Waals surface area contributed by atoms with Gasteiger partial charge in [-0.3, -0.25) is 0 Å². The highest BCUT2D eigenvalue weighted by atomic mass is 16.3. The largest absolute Gasteiger partial charge is 0.396 e. The molecule has 3 N–H and O–H groups in total. The maximum atomic E-state index is 9.65. The van der Waals surface area contributed by atoms with Crippen LogP contribution in [0, 0.1) is 12.3 Å². The van der Waals surface area contributed by atoms with E-state index >= 15 is 0 Å². The lowest BCUT2D eigenvalue weighted by Gasteiger charge is -2.27. The summed E-state index contributed by atoms with van der Waals surface area (Å²) in [5.41, 5.74) is 1.08. The van der Waals surface area contributed by atoms with Gasteiger partial charge in [-0.15, -0.1) is 0 Å². The number of hydrogen-bond donors (Lipinski definition) is 3. The number of aliphatic hydroxyl groups is 1. The van der Waals surface area contributed by atoms with Gasteiger partial charge < -0.3 is 15.7 Å². The molecule has 1 aromatic rings. The zero-order valence-corrected chi connectivity index (χ0v) is 12.6. The number of rotatable bonds is 7. The number of nitrogens with one attached hydrogen (secondary N) is 2. The first-order chi connectivity index (χ1) is 9.71. The summed E-state index contributed by atoms with van der Waals surface area (Å²) in [4.78, 5) is 8.61. The Morgan fingerprint density at radius 2 is 1.85 bits per heavy atom. The highest BCUT2D eigenvalue weighted by molar-refractivity contribution is 5.56. The number of aromatic nitrogens is 2. The molecular formula is C15H26N4O. The van der Waals surface area contributed by atoms with E-state index in [9.17, 15) is 5.11 Å². The Hall–Kier alpha value is -1.36. The molecule has 0 saturated heterocycles. The van der Waals surface area contributed by atoms with E-state index in [4.69, 9.17) is 0 Å². The van der Waals surface area contributed by atoms with Crippen LogP contribution in [0.25, 0.3) is 0 Å². The number of hydrogen-bond acceptors (Lipinski definition) is 5. The minimum Gasteiger partial charge on any atom is -0.396 e. The van der Waals surface area contributed by atoms with Crippen molar-refractivity contribution < 1.29 is 5.11 Å². The lowest BCUT2D eigenvalue weighted by Crippen LogP contribution is -2.31. The lowest BCUT2D eigenvalue weighted by atomic mass is 9.87. The van der Waals surface area contributed by atoms with E-state index in [-0.39, 0.29) is 12.0 Å². The fourth-order valence-electron chi connectivity index (χ4n) is 2.84. The quantitative estimate of drug-likeness (QED) is 0.715. The molecule has 20 heavy (non-hydrogen) atoms. The Bertz CT molecular complexity index is 430. The summed E-state index contributed by atoms with van der Waals surface area (Å²) in [6.45, 7) is 6.12. The van der Waals surface area contributed by atoms with Crippen LogP contribution in [0.5, 0.6) is 0 Å². The van der Waals surface area contributed by atoms with Crippen LogP contribution in [0.3, 0.4) is 0 Å². The van der Waals surface area contributed by atoms with Crippen LogP contribution in [0.2, 0.25) is 0 Å². The molecule has 0 spiro atoms. The molecule has 0 bridgehead atoms. The number of anilines is 2. The average molecular weight is 278 g/mol. The third kappa shape index (κ3) is 3.39. The summed E-state index contributed by atoms with van der Waals surface area (Å²) in [7, 11) is 0. The van der Waals surface area contributed by atoms with E-state index in [1.807, 2.05) is 6.92 Å². The highest BCUT2D eigenvalue weighted by Crippen LogP contribution is 2.37. The standard InChI is InChI=1S/C15H26N4O/c1-3-8-16-13-12(2)14(19-11-18-13)17-9-15(10-20)6-4-5-7-15/h11,20H,3-10H2,1-2H3,(H2,16,17,18,19). The summed E-state index contributed by atoms with van der Waals surface area (Å²) in [6, 6.07) is 0. The molecule has 0 unspecified atom stereocenters. The van der Waals surface area contributed by atoms with Crippen LogP contribution < -0.4 is 10.6 Å². The van der Waals surface area contributed by atoms with Crippen molar-refractivity contribution in [2.24, 2.45) is 5.41 Å². The summed E-state index contributed by atoms with van der Waals surface area (Å²) in [6.07, 6.45) is 7.29. The number of aliphatic hydroxyl groups excluding tert-OH is 1. The molecule has 112 valence electrons. The summed E-state index contributed by atoms with van der Waals surface area (Å²) >= 11 is 0. The third-order valence-electron chi connectivity index (χ3n) is 4.26. The maximum absolute atomic E-state index is 9.65. The van der Waals surface area contributed by atoms with Crippen LogP contribution in [0.15, 0.2) is 6.33 Å². The Morgan fingerprint density at radius 1 is 1.20 bits per heavy atom. The highest BCUT2D eigenvalue weighted by Gasteiger charge is 2.33. The fraction of sp³-hybridized carbons (Fsp3) is 0.733. The van der Waals surface area contributed by atoms with Crippen LogP contribution >= 0.6 is 0 Å². The van der Waals surface area contributed by atoms with Crippen LogP contribution in [0.1, 0.15) is 44.6 Å². The zero-order valence-electron chi connectivity index (χ0n) is 12.6. The molecule has 5 heteroatoms. The van der Waals surface area contributed by atoms with Gasteiger partial charge in [0.05, 0.1) is 6.61 Å². The van der Waals surface area contributed by atoms with Crippen LogP contribution in [0.4, 0.5) is 11.6 Å². The Balaban J connectivity index is 2.02. The Labute approximate surface area is 121 Å². The molecule has 1 aliphatic rings. The van der Waals surface area contributed by atoms with E-state index in [1.165, 1.54) is 12.8 Å². The second-order valence-electron chi connectivity index (χ2n) is 5.84. The van der Waals surface area contributed by atoms with Crippen molar-refractivity contribution in [3.8, 4) is 0 Å². The smallest absolute Gasteiger partial charge is 0.134 e. The minimum absolute atomic E-state index is 0.0361. The van der Waals surface area contributed by atoms with Gasteiger partial charge in [0.25, 0.3) is 0 Å². The van der Waals surface area contributed by atoms with Crippen molar-refractivity contribution in [3.05, 3.63) is 11.9 Å². The first-order valence-electron chi connectivity index (χ1n) is 7.61. The summed E-state index contributed by atoms with van der Waals surface area (Å²) in [5.74, 6) is 1.77. The van der Waals surface area contributed by atoms with E-state index in [0.717, 1.165) is 49.6 Å². The third-order valence-corrected chi connectivity index (χ3v) is 4.26. The Morgan fingerprint density at radius 3 is 2.45 bits per heavy atom. The normalized spacial score (nSPS) is 17.1. The van der Waals surface area contributed by atoms with Crippen molar-refractivity contribution in [1.29, 1.82) is 0 Å². The molecule has 1 saturated carbocycles. The van der Waals surface area contributed by atoms with Crippen molar-refractivity contribution in [3.63, 3.8) is 0 Å². The van der Waals surface area contributed by atoms with Gasteiger partial charge in [-0.25, -0.2) is 9.97 Å². The van der Waals surface area contributed by atoms with Crippen LogP contribution in [-0.4, -0.2) is 34.8 Å². The maximum Gasteiger partial charge on any atom is 0.134 e. The molecular weight excluding hydrogens is 252 g/mol. The summed E-state index contributed by atoms with van der Waals surface area (Å²) in [5, 5.41) is 16.4. The van der Waals surface area contributed by atoms with Crippen molar-refractivity contribution in [1.82, 2.24) is 9.97 Å². The minimum atomic E-state index is 0.0361. The van der Waals surface area contributed by atoms with Crippen molar-refractivity contribution >= 4 is 11.6 Å². The first kappa shape index (κ1) is 15.0. The number of nitrogens with zero attached hydrogens (tertiary/aromatic N) is 2. The first-order valence-corrected chi connectivity index (χ1v) is 7.61. The van der Waals surface area contributed by atoms with Crippen molar-refractivity contribution in [2.45, 2.75) is 46.0 Å². The fourth-order valence-corrected chi connectivity index (χ4v) is 2.84. The predicted molar refractivity (Wildman–Crippen MR) is 82.0 cm³/mol. The molecule has 2 rings (SSSR count). The van der Waals surface area contributed by atoms with E-state index in [2.05, 4.69) is 27.5 Å². The van der Waals surface area contributed by atoms with Gasteiger partial charge in [0.1, 0.15) is 18.0 Å². The molecule has 1 fully saturated rings. The average Bonchev–Trinajstić information content (AvgIpc) is 2.94. The SMILES string of the molecule is CCCNc1ncnc(NCC2(CO)CCCC2)c1C. The molecule has 1 aliphatic carbocycles. The van der Waals surface area contributed by atoms with Gasteiger partial charge in [0, 0.05) is 24.1 Å². The molecule has 0 atom stereocenters. The zero-order chi connectivity index (χ0) is 14.4. The molecule has 5 nitrogen and oxygen atoms in total.